The summed E-state index contributed by atoms with van der Waals surface area (Å²) in [4.78, 5) is 13.8. The first kappa shape index (κ1) is 14.3. The number of nitrogens with zero attached hydrogens (tertiary/aromatic N) is 2. The number of aliphatic hydroxyl groups is 1. The van der Waals surface area contributed by atoms with Crippen molar-refractivity contribution in [1.82, 2.24) is 15.1 Å². The number of carbonyl (C=O) groups is 1. The Morgan fingerprint density at radius 2 is 2.40 bits per heavy atom. The van der Waals surface area contributed by atoms with Gasteiger partial charge in [0.2, 0.25) is 0 Å². The highest BCUT2D eigenvalue weighted by Gasteiger charge is 2.07. The van der Waals surface area contributed by atoms with Crippen molar-refractivity contribution in [1.29, 1.82) is 0 Å². The molecule has 1 amide bonds. The van der Waals surface area contributed by atoms with Gasteiger partial charge in [0.15, 0.2) is 0 Å². The monoisotopic (exact) mass is 289 g/mol. The maximum Gasteiger partial charge on any atom is 0.254 e. The van der Waals surface area contributed by atoms with Crippen molar-refractivity contribution in [2.45, 2.75) is 13.0 Å². The number of thiophene rings is 1. The average molecular weight is 289 g/mol. The fourth-order valence-electron chi connectivity index (χ4n) is 1.55. The zero-order chi connectivity index (χ0) is 14.4. The highest BCUT2D eigenvalue weighted by molar-refractivity contribution is 7.12. The molecule has 0 aliphatic rings. The van der Waals surface area contributed by atoms with Gasteiger partial charge in [-0.15, -0.1) is 11.3 Å². The smallest absolute Gasteiger partial charge is 0.254 e. The molecule has 0 saturated heterocycles. The minimum Gasteiger partial charge on any atom is -0.395 e. The summed E-state index contributed by atoms with van der Waals surface area (Å²) in [5, 5.41) is 15.4. The molecule has 2 rings (SSSR count). The molecular formula is C14H15N3O2S. The molecule has 2 aromatic heterocycles. The van der Waals surface area contributed by atoms with Crippen LogP contribution in [0.25, 0.3) is 0 Å². The van der Waals surface area contributed by atoms with Crippen molar-refractivity contribution in [2.75, 3.05) is 6.61 Å². The molecule has 2 aromatic rings. The lowest BCUT2D eigenvalue weighted by atomic mass is 10.3. The van der Waals surface area contributed by atoms with E-state index in [1.807, 2.05) is 12.1 Å². The second kappa shape index (κ2) is 6.89. The minimum atomic E-state index is -0.139. The SMILES string of the molecule is Cn1cc(C(=O)NCc2ccc(C#CCCO)s2)cn1. The lowest BCUT2D eigenvalue weighted by Gasteiger charge is -2.00. The van der Waals surface area contributed by atoms with Crippen LogP contribution in [0.3, 0.4) is 0 Å². The Morgan fingerprint density at radius 3 is 3.10 bits per heavy atom. The van der Waals surface area contributed by atoms with E-state index in [9.17, 15) is 4.79 Å². The van der Waals surface area contributed by atoms with E-state index in [1.54, 1.807) is 17.9 Å². The van der Waals surface area contributed by atoms with E-state index in [0.29, 0.717) is 18.5 Å². The van der Waals surface area contributed by atoms with Gasteiger partial charge >= 0.3 is 0 Å². The number of aromatic nitrogens is 2. The second-order valence-electron chi connectivity index (χ2n) is 4.13. The third-order valence-corrected chi connectivity index (χ3v) is 3.50. The van der Waals surface area contributed by atoms with E-state index in [4.69, 9.17) is 5.11 Å². The zero-order valence-corrected chi connectivity index (χ0v) is 11.9. The standard InChI is InChI=1S/C14H15N3O2S/c1-17-10-11(8-16-17)14(19)15-9-13-6-5-12(20-13)4-2-3-7-18/h5-6,8,10,18H,3,7,9H2,1H3,(H,15,19). The van der Waals surface area contributed by atoms with E-state index in [-0.39, 0.29) is 12.5 Å². The van der Waals surface area contributed by atoms with Crippen LogP contribution in [0.4, 0.5) is 0 Å². The van der Waals surface area contributed by atoms with Gasteiger partial charge < -0.3 is 10.4 Å². The van der Waals surface area contributed by atoms with Crippen molar-refractivity contribution in [2.24, 2.45) is 7.05 Å². The molecule has 20 heavy (non-hydrogen) atoms. The predicted molar refractivity (Wildman–Crippen MR) is 77.3 cm³/mol. The van der Waals surface area contributed by atoms with Crippen molar-refractivity contribution in [3.05, 3.63) is 39.8 Å². The zero-order valence-electron chi connectivity index (χ0n) is 11.1. The van der Waals surface area contributed by atoms with Crippen LogP contribution < -0.4 is 5.32 Å². The Bertz CT molecular complexity index is 649. The van der Waals surface area contributed by atoms with Gasteiger partial charge in [-0.1, -0.05) is 11.8 Å². The maximum atomic E-state index is 11.8. The third kappa shape index (κ3) is 3.95. The molecule has 0 aromatic carbocycles. The molecule has 0 radical (unpaired) electrons. The van der Waals surface area contributed by atoms with Gasteiger partial charge in [-0.05, 0) is 12.1 Å². The van der Waals surface area contributed by atoms with Gasteiger partial charge in [0.1, 0.15) is 0 Å². The third-order valence-electron chi connectivity index (χ3n) is 2.50. The first-order valence-corrected chi connectivity index (χ1v) is 6.96. The molecule has 2 N–H and O–H groups in total. The van der Waals surface area contributed by atoms with E-state index < -0.39 is 0 Å². The predicted octanol–water partition coefficient (Wildman–Crippen LogP) is 1.15. The fraction of sp³-hybridized carbons (Fsp3) is 0.286. The van der Waals surface area contributed by atoms with Crippen molar-refractivity contribution in [3.8, 4) is 11.8 Å². The van der Waals surface area contributed by atoms with Crippen LogP contribution in [-0.2, 0) is 13.6 Å². The van der Waals surface area contributed by atoms with E-state index in [0.717, 1.165) is 9.75 Å². The number of nitrogens with one attached hydrogen (secondary N) is 1. The summed E-state index contributed by atoms with van der Waals surface area (Å²) in [5.74, 6) is 5.70. The van der Waals surface area contributed by atoms with E-state index in [1.165, 1.54) is 17.5 Å². The minimum absolute atomic E-state index is 0.0758. The molecule has 0 aliphatic heterocycles. The van der Waals surface area contributed by atoms with Crippen LogP contribution in [-0.4, -0.2) is 27.4 Å². The molecular weight excluding hydrogens is 274 g/mol. The molecule has 0 bridgehead atoms. The second-order valence-corrected chi connectivity index (χ2v) is 5.30. The fourth-order valence-corrected chi connectivity index (χ4v) is 2.38. The molecule has 5 nitrogen and oxygen atoms in total. The summed E-state index contributed by atoms with van der Waals surface area (Å²) < 4.78 is 1.59. The lowest BCUT2D eigenvalue weighted by Crippen LogP contribution is -2.21. The summed E-state index contributed by atoms with van der Waals surface area (Å²) in [6.45, 7) is 0.548. The van der Waals surface area contributed by atoms with Crippen LogP contribution in [0, 0.1) is 11.8 Å². The van der Waals surface area contributed by atoms with Crippen LogP contribution in [0.5, 0.6) is 0 Å². The van der Waals surface area contributed by atoms with Crippen LogP contribution >= 0.6 is 11.3 Å². The largest absolute Gasteiger partial charge is 0.395 e. The number of hydrogen-bond donors (Lipinski definition) is 2. The van der Waals surface area contributed by atoms with Crippen molar-refractivity contribution in [3.63, 3.8) is 0 Å². The number of hydrogen-bond acceptors (Lipinski definition) is 4. The first-order chi connectivity index (χ1) is 9.69. The highest BCUT2D eigenvalue weighted by atomic mass is 32.1. The van der Waals surface area contributed by atoms with Crippen LogP contribution in [0.15, 0.2) is 24.5 Å². The Hall–Kier alpha value is -2.10. The Balaban J connectivity index is 1.88. The maximum absolute atomic E-state index is 11.8. The van der Waals surface area contributed by atoms with Gasteiger partial charge in [0, 0.05) is 24.5 Å². The normalized spacial score (nSPS) is 9.90. The molecule has 0 atom stereocenters. The number of aliphatic hydroxyl groups excluding tert-OH is 1. The van der Waals surface area contributed by atoms with Gasteiger partial charge in [-0.2, -0.15) is 5.10 Å². The van der Waals surface area contributed by atoms with Gasteiger partial charge in [0.05, 0.1) is 29.8 Å². The van der Waals surface area contributed by atoms with Crippen molar-refractivity contribution >= 4 is 17.2 Å². The van der Waals surface area contributed by atoms with Gasteiger partial charge in [0.25, 0.3) is 5.91 Å². The van der Waals surface area contributed by atoms with Crippen LogP contribution in [0.1, 0.15) is 26.5 Å². The summed E-state index contributed by atoms with van der Waals surface area (Å²) in [5.41, 5.74) is 0.548. The Kier molecular flexibility index (Phi) is 4.93. The number of amides is 1. The van der Waals surface area contributed by atoms with Crippen LogP contribution in [0.2, 0.25) is 0 Å². The first-order valence-electron chi connectivity index (χ1n) is 6.14. The molecule has 0 fully saturated rings. The topological polar surface area (TPSA) is 67.2 Å². The number of carbonyl (C=O) groups excluding carboxylic acids is 1. The summed E-state index contributed by atoms with van der Waals surface area (Å²) in [6.07, 6.45) is 3.69. The quantitative estimate of drug-likeness (QED) is 0.830. The Labute approximate surface area is 121 Å². The molecule has 0 aliphatic carbocycles. The molecule has 104 valence electrons. The lowest BCUT2D eigenvalue weighted by molar-refractivity contribution is 0.0951. The molecule has 0 spiro atoms. The molecule has 6 heteroatoms. The molecule has 0 unspecified atom stereocenters. The highest BCUT2D eigenvalue weighted by Crippen LogP contribution is 2.15. The Morgan fingerprint density at radius 1 is 1.55 bits per heavy atom. The number of rotatable bonds is 4. The summed E-state index contributed by atoms with van der Waals surface area (Å²) in [7, 11) is 1.77. The van der Waals surface area contributed by atoms with Crippen molar-refractivity contribution < 1.29 is 9.90 Å². The molecule has 0 saturated carbocycles. The molecule has 2 heterocycles. The average Bonchev–Trinajstić information content (AvgIpc) is 3.05. The van der Waals surface area contributed by atoms with Gasteiger partial charge in [-0.25, -0.2) is 0 Å². The van der Waals surface area contributed by atoms with E-state index >= 15 is 0 Å². The summed E-state index contributed by atoms with van der Waals surface area (Å²) >= 11 is 1.53. The summed E-state index contributed by atoms with van der Waals surface area (Å²) in [6, 6.07) is 3.86. The van der Waals surface area contributed by atoms with Gasteiger partial charge in [-0.3, -0.25) is 9.48 Å². The number of aryl methyl sites for hydroxylation is 1. The van der Waals surface area contributed by atoms with E-state index in [2.05, 4.69) is 22.3 Å².